The molecule has 32 heavy (non-hydrogen) atoms. The monoisotopic (exact) mass is 421 g/mol. The average molecular weight is 422 g/mol. The van der Waals surface area contributed by atoms with Gasteiger partial charge in [0.2, 0.25) is 0 Å². The Labute approximate surface area is 190 Å². The van der Waals surface area contributed by atoms with Crippen molar-refractivity contribution in [3.8, 4) is 5.75 Å². The summed E-state index contributed by atoms with van der Waals surface area (Å²) in [4.78, 5) is 4.58. The minimum absolute atomic E-state index is 0.588. The Morgan fingerprint density at radius 3 is 1.72 bits per heavy atom. The Hall–Kier alpha value is -3.69. The van der Waals surface area contributed by atoms with Gasteiger partial charge in [-0.15, -0.1) is 0 Å². The van der Waals surface area contributed by atoms with E-state index in [0.29, 0.717) is 6.61 Å². The van der Waals surface area contributed by atoms with E-state index in [4.69, 9.17) is 9.47 Å². The SMILES string of the molecule is CCOC(c1ccccc1)(c1ccccc1)c1ccc(C=Nc2ccc(OC)cc2)cc1. The molecule has 0 unspecified atom stereocenters. The zero-order chi connectivity index (χ0) is 22.2. The molecule has 0 radical (unpaired) electrons. The Morgan fingerprint density at radius 2 is 1.22 bits per heavy atom. The third-order valence-electron chi connectivity index (χ3n) is 5.47. The normalized spacial score (nSPS) is 11.6. The second-order valence-electron chi connectivity index (χ2n) is 7.42. The van der Waals surface area contributed by atoms with Crippen molar-refractivity contribution in [3.05, 3.63) is 131 Å². The van der Waals surface area contributed by atoms with Crippen LogP contribution in [0.2, 0.25) is 0 Å². The van der Waals surface area contributed by atoms with Gasteiger partial charge < -0.3 is 9.47 Å². The first-order valence-electron chi connectivity index (χ1n) is 10.8. The highest BCUT2D eigenvalue weighted by molar-refractivity contribution is 5.82. The predicted octanol–water partition coefficient (Wildman–Crippen LogP) is 6.77. The molecule has 0 aliphatic carbocycles. The zero-order valence-corrected chi connectivity index (χ0v) is 18.4. The van der Waals surface area contributed by atoms with Crippen LogP contribution >= 0.6 is 0 Å². The molecule has 0 aromatic heterocycles. The van der Waals surface area contributed by atoms with Gasteiger partial charge in [0, 0.05) is 12.8 Å². The number of nitrogens with zero attached hydrogens (tertiary/aromatic N) is 1. The van der Waals surface area contributed by atoms with Crippen molar-refractivity contribution >= 4 is 11.9 Å². The Kier molecular flexibility index (Phi) is 6.78. The lowest BCUT2D eigenvalue weighted by Gasteiger charge is -2.35. The molecule has 0 heterocycles. The molecule has 0 aliphatic heterocycles. The minimum atomic E-state index is -0.678. The van der Waals surface area contributed by atoms with E-state index in [0.717, 1.165) is 33.7 Å². The van der Waals surface area contributed by atoms with Crippen LogP contribution in [0.15, 0.2) is 114 Å². The molecule has 0 atom stereocenters. The Bertz CT molecular complexity index is 1100. The lowest BCUT2D eigenvalue weighted by molar-refractivity contribution is 0.0216. The fourth-order valence-corrected chi connectivity index (χ4v) is 3.93. The number of hydrogen-bond acceptors (Lipinski definition) is 3. The van der Waals surface area contributed by atoms with Gasteiger partial charge in [0.25, 0.3) is 0 Å². The highest BCUT2D eigenvalue weighted by Gasteiger charge is 2.37. The zero-order valence-electron chi connectivity index (χ0n) is 18.4. The number of aliphatic imine (C=N–C) groups is 1. The first-order valence-corrected chi connectivity index (χ1v) is 10.8. The van der Waals surface area contributed by atoms with Gasteiger partial charge in [-0.3, -0.25) is 4.99 Å². The molecular formula is C29H27NO2. The second kappa shape index (κ2) is 10.1. The van der Waals surface area contributed by atoms with Crippen LogP contribution in [0.4, 0.5) is 5.69 Å². The summed E-state index contributed by atoms with van der Waals surface area (Å²) < 4.78 is 11.7. The van der Waals surface area contributed by atoms with E-state index < -0.39 is 5.60 Å². The van der Waals surface area contributed by atoms with E-state index in [9.17, 15) is 0 Å². The van der Waals surface area contributed by atoms with E-state index in [1.807, 2.05) is 49.5 Å². The third kappa shape index (κ3) is 4.48. The summed E-state index contributed by atoms with van der Waals surface area (Å²) >= 11 is 0. The van der Waals surface area contributed by atoms with Crippen molar-refractivity contribution in [1.29, 1.82) is 0 Å². The summed E-state index contributed by atoms with van der Waals surface area (Å²) in [6.45, 7) is 2.63. The molecule has 160 valence electrons. The molecule has 0 aliphatic rings. The van der Waals surface area contributed by atoms with Crippen molar-refractivity contribution < 1.29 is 9.47 Å². The number of methoxy groups -OCH3 is 1. The summed E-state index contributed by atoms with van der Waals surface area (Å²) in [5, 5.41) is 0. The molecule has 0 bridgehead atoms. The standard InChI is InChI=1S/C29H27NO2/c1-3-32-29(24-10-6-4-7-11-24,25-12-8-5-9-13-25)26-16-14-23(15-17-26)22-30-27-18-20-28(31-2)21-19-27/h4-22H,3H2,1-2H3. The summed E-state index contributed by atoms with van der Waals surface area (Å²) in [6.07, 6.45) is 1.87. The molecule has 4 rings (SSSR count). The quantitative estimate of drug-likeness (QED) is 0.232. The molecule has 0 N–H and O–H groups in total. The Morgan fingerprint density at radius 1 is 0.688 bits per heavy atom. The largest absolute Gasteiger partial charge is 0.497 e. The van der Waals surface area contributed by atoms with Crippen LogP contribution < -0.4 is 4.74 Å². The number of benzene rings is 4. The van der Waals surface area contributed by atoms with E-state index in [1.54, 1.807) is 7.11 Å². The van der Waals surface area contributed by atoms with Crippen LogP contribution in [0.25, 0.3) is 0 Å². The second-order valence-corrected chi connectivity index (χ2v) is 7.42. The Balaban J connectivity index is 1.71. The van der Waals surface area contributed by atoms with Gasteiger partial charge in [0.15, 0.2) is 0 Å². The van der Waals surface area contributed by atoms with Crippen LogP contribution in [0, 0.1) is 0 Å². The molecular weight excluding hydrogens is 394 g/mol. The summed E-state index contributed by atoms with van der Waals surface area (Å²) in [7, 11) is 1.66. The molecule has 4 aromatic rings. The molecule has 3 heteroatoms. The smallest absolute Gasteiger partial charge is 0.143 e. The highest BCUT2D eigenvalue weighted by Crippen LogP contribution is 2.40. The molecule has 0 saturated heterocycles. The van der Waals surface area contributed by atoms with Gasteiger partial charge in [-0.05, 0) is 53.4 Å². The average Bonchev–Trinajstić information content (AvgIpc) is 2.88. The van der Waals surface area contributed by atoms with Gasteiger partial charge in [-0.2, -0.15) is 0 Å². The fourth-order valence-electron chi connectivity index (χ4n) is 3.93. The molecule has 0 saturated carbocycles. The summed E-state index contributed by atoms with van der Waals surface area (Å²) in [6, 6.07) is 36.9. The third-order valence-corrected chi connectivity index (χ3v) is 5.47. The van der Waals surface area contributed by atoms with Crippen molar-refractivity contribution in [2.75, 3.05) is 13.7 Å². The maximum Gasteiger partial charge on any atom is 0.143 e. The van der Waals surface area contributed by atoms with Gasteiger partial charge in [-0.25, -0.2) is 0 Å². The van der Waals surface area contributed by atoms with Crippen molar-refractivity contribution in [1.82, 2.24) is 0 Å². The van der Waals surface area contributed by atoms with Gasteiger partial charge in [0.05, 0.1) is 12.8 Å². The maximum absolute atomic E-state index is 6.53. The summed E-state index contributed by atoms with van der Waals surface area (Å²) in [5.41, 5.74) is 4.52. The number of hydrogen-bond donors (Lipinski definition) is 0. The first kappa shape index (κ1) is 21.5. The van der Waals surface area contributed by atoms with Crippen molar-refractivity contribution in [3.63, 3.8) is 0 Å². The van der Waals surface area contributed by atoms with Crippen LogP contribution in [-0.2, 0) is 10.3 Å². The van der Waals surface area contributed by atoms with Gasteiger partial charge in [0.1, 0.15) is 11.4 Å². The first-order chi connectivity index (χ1) is 15.8. The topological polar surface area (TPSA) is 30.8 Å². The van der Waals surface area contributed by atoms with Crippen LogP contribution in [0.5, 0.6) is 5.75 Å². The van der Waals surface area contributed by atoms with Gasteiger partial charge >= 0.3 is 0 Å². The molecule has 0 spiro atoms. The molecule has 4 aromatic carbocycles. The lowest BCUT2D eigenvalue weighted by atomic mass is 9.80. The number of ether oxygens (including phenoxy) is 2. The van der Waals surface area contributed by atoms with E-state index in [2.05, 4.69) is 77.8 Å². The van der Waals surface area contributed by atoms with Gasteiger partial charge in [-0.1, -0.05) is 84.9 Å². The van der Waals surface area contributed by atoms with Crippen LogP contribution in [-0.4, -0.2) is 19.9 Å². The molecule has 0 fully saturated rings. The van der Waals surface area contributed by atoms with E-state index in [-0.39, 0.29) is 0 Å². The van der Waals surface area contributed by atoms with Crippen molar-refractivity contribution in [2.45, 2.75) is 12.5 Å². The fraction of sp³-hybridized carbons (Fsp3) is 0.138. The predicted molar refractivity (Wildman–Crippen MR) is 131 cm³/mol. The minimum Gasteiger partial charge on any atom is -0.497 e. The molecule has 3 nitrogen and oxygen atoms in total. The molecule has 0 amide bonds. The van der Waals surface area contributed by atoms with Crippen LogP contribution in [0.1, 0.15) is 29.2 Å². The van der Waals surface area contributed by atoms with E-state index in [1.165, 1.54) is 0 Å². The highest BCUT2D eigenvalue weighted by atomic mass is 16.5. The maximum atomic E-state index is 6.53. The van der Waals surface area contributed by atoms with Crippen LogP contribution in [0.3, 0.4) is 0 Å². The summed E-state index contributed by atoms with van der Waals surface area (Å²) in [5.74, 6) is 0.822. The lowest BCUT2D eigenvalue weighted by Crippen LogP contribution is -2.32. The van der Waals surface area contributed by atoms with E-state index >= 15 is 0 Å². The number of rotatable bonds is 8. The van der Waals surface area contributed by atoms with Crippen molar-refractivity contribution in [2.24, 2.45) is 4.99 Å².